The maximum Gasteiger partial charge on any atom is 0.407 e. The first kappa shape index (κ1) is 48.5. The van der Waals surface area contributed by atoms with Crippen LogP contribution in [-0.2, 0) is 66.4 Å². The molecular formula is C34H67NO15. The Labute approximate surface area is 299 Å². The van der Waals surface area contributed by atoms with Crippen molar-refractivity contribution >= 4 is 11.9 Å². The Morgan fingerprint density at radius 3 is 0.880 bits per heavy atom. The van der Waals surface area contributed by atoms with Crippen LogP contribution in [0.1, 0.15) is 34.1 Å². The Kier molecular flexibility index (Phi) is 37.5. The summed E-state index contributed by atoms with van der Waals surface area (Å²) in [6.07, 6.45) is -0.0133. The Hall–Kier alpha value is -1.54. The predicted molar refractivity (Wildman–Crippen MR) is 184 cm³/mol. The first-order valence-electron chi connectivity index (χ1n) is 17.7. The van der Waals surface area contributed by atoms with E-state index in [1.807, 2.05) is 20.8 Å². The normalized spacial score (nSPS) is 11.7. The lowest BCUT2D eigenvalue weighted by Crippen LogP contribution is -2.28. The Morgan fingerprint density at radius 1 is 0.400 bits per heavy atom. The van der Waals surface area contributed by atoms with E-state index in [1.165, 1.54) is 0 Å². The predicted octanol–water partition coefficient (Wildman–Crippen LogP) is 1.94. The lowest BCUT2D eigenvalue weighted by Gasteiger charge is -2.16. The zero-order valence-electron chi connectivity index (χ0n) is 31.2. The van der Waals surface area contributed by atoms with E-state index in [9.17, 15) is 9.59 Å². The summed E-state index contributed by atoms with van der Waals surface area (Å²) in [5.41, 5.74) is -0.318. The minimum absolute atomic E-state index is 0.199. The number of carbonyl (C=O) groups is 2. The molecule has 50 heavy (non-hydrogen) atoms. The van der Waals surface area contributed by atoms with Crippen LogP contribution in [0.25, 0.3) is 0 Å². The van der Waals surface area contributed by atoms with Crippen molar-refractivity contribution in [2.45, 2.75) is 34.1 Å². The van der Waals surface area contributed by atoms with Crippen LogP contribution >= 0.6 is 0 Å². The summed E-state index contributed by atoms with van der Waals surface area (Å²) in [6, 6.07) is 0. The zero-order chi connectivity index (χ0) is 36.6. The fourth-order valence-electron chi connectivity index (χ4n) is 3.47. The maximum absolute atomic E-state index is 11.8. The van der Waals surface area contributed by atoms with Crippen molar-refractivity contribution < 1.29 is 71.2 Å². The van der Waals surface area contributed by atoms with Crippen molar-refractivity contribution in [3.05, 3.63) is 0 Å². The van der Waals surface area contributed by atoms with Crippen LogP contribution in [0.4, 0.5) is 4.79 Å². The second kappa shape index (κ2) is 38.7. The van der Waals surface area contributed by atoms with Gasteiger partial charge in [-0.15, -0.1) is 0 Å². The molecule has 0 unspecified atom stereocenters. The second-order valence-corrected chi connectivity index (χ2v) is 11.4. The summed E-state index contributed by atoms with van der Waals surface area (Å²) < 4.78 is 70.1. The van der Waals surface area contributed by atoms with Crippen LogP contribution in [0.2, 0.25) is 0 Å². The molecule has 16 nitrogen and oxygen atoms in total. The van der Waals surface area contributed by atoms with Gasteiger partial charge in [0.25, 0.3) is 0 Å². The lowest BCUT2D eigenvalue weighted by molar-refractivity contribution is -0.127. The van der Waals surface area contributed by atoms with E-state index in [1.54, 1.807) is 6.92 Å². The molecule has 0 aliphatic heterocycles. The third kappa shape index (κ3) is 39.2. The number of ether oxygens (including phenoxy) is 13. The molecule has 0 rings (SSSR count). The summed E-state index contributed by atoms with van der Waals surface area (Å²) in [4.78, 5) is 22.9. The number of carbonyl (C=O) groups excluding carboxylic acids is 2. The van der Waals surface area contributed by atoms with E-state index >= 15 is 0 Å². The van der Waals surface area contributed by atoms with Crippen LogP contribution in [0.15, 0.2) is 0 Å². The molecule has 0 aromatic rings. The zero-order valence-corrected chi connectivity index (χ0v) is 31.2. The van der Waals surface area contributed by atoms with Crippen molar-refractivity contribution in [3.63, 3.8) is 0 Å². The molecule has 0 aliphatic carbocycles. The molecule has 0 fully saturated rings. The van der Waals surface area contributed by atoms with Crippen LogP contribution in [0, 0.1) is 5.41 Å². The minimum Gasteiger partial charge on any atom is -0.450 e. The maximum atomic E-state index is 11.8. The Balaban J connectivity index is 3.10. The van der Waals surface area contributed by atoms with Gasteiger partial charge in [0.1, 0.15) is 5.78 Å². The molecule has 0 saturated heterocycles. The van der Waals surface area contributed by atoms with Gasteiger partial charge in [0, 0.05) is 18.4 Å². The molecular weight excluding hydrogens is 662 g/mol. The lowest BCUT2D eigenvalue weighted by atomic mass is 9.89. The fourth-order valence-corrected chi connectivity index (χ4v) is 3.47. The SMILES string of the molecule is CCOC(=O)NCCOCCOCCOCCOCCOCCOCCOCCOCCOCCOCCOCCOCCC(=O)C(C)(C)C. The summed E-state index contributed by atoms with van der Waals surface area (Å²) in [7, 11) is 0. The standard InChI is InChI=1S/C34H67NO15/c1-5-50-33(37)35-7-9-39-11-13-41-15-17-43-19-21-45-23-25-47-27-29-49-31-30-48-28-26-46-24-22-44-20-18-42-16-14-40-12-10-38-8-6-32(36)34(2,3)4/h5-31H2,1-4H3,(H,35,37). The molecule has 0 bridgehead atoms. The van der Waals surface area contributed by atoms with Gasteiger partial charge in [-0.05, 0) is 6.92 Å². The third-order valence-electron chi connectivity index (χ3n) is 6.19. The van der Waals surface area contributed by atoms with E-state index in [0.29, 0.717) is 178 Å². The van der Waals surface area contributed by atoms with Gasteiger partial charge in [-0.1, -0.05) is 20.8 Å². The molecule has 1 N–H and O–H groups in total. The summed E-state index contributed by atoms with van der Waals surface area (Å²) in [6.45, 7) is 19.7. The molecule has 0 radical (unpaired) electrons. The molecule has 1 amide bonds. The number of rotatable bonds is 40. The van der Waals surface area contributed by atoms with Crippen molar-refractivity contribution in [3.8, 4) is 0 Å². The first-order valence-corrected chi connectivity index (χ1v) is 17.7. The molecule has 0 aromatic carbocycles. The molecule has 0 heterocycles. The van der Waals surface area contributed by atoms with Gasteiger partial charge in [0.05, 0.1) is 165 Å². The van der Waals surface area contributed by atoms with Gasteiger partial charge < -0.3 is 66.9 Å². The molecule has 16 heteroatoms. The minimum atomic E-state index is -0.441. The highest BCUT2D eigenvalue weighted by Crippen LogP contribution is 2.16. The Bertz CT molecular complexity index is 727. The molecule has 0 aromatic heterocycles. The van der Waals surface area contributed by atoms with Crippen LogP contribution in [0.5, 0.6) is 0 Å². The van der Waals surface area contributed by atoms with Gasteiger partial charge in [-0.2, -0.15) is 0 Å². The second-order valence-electron chi connectivity index (χ2n) is 11.4. The molecule has 0 aliphatic rings. The highest BCUT2D eigenvalue weighted by molar-refractivity contribution is 5.83. The molecule has 0 saturated carbocycles. The largest absolute Gasteiger partial charge is 0.450 e. The van der Waals surface area contributed by atoms with E-state index in [0.717, 1.165) is 0 Å². The molecule has 0 spiro atoms. The number of hydrogen-bond acceptors (Lipinski definition) is 15. The summed E-state index contributed by atoms with van der Waals surface area (Å²) in [5.74, 6) is 0.199. The summed E-state index contributed by atoms with van der Waals surface area (Å²) >= 11 is 0. The van der Waals surface area contributed by atoms with Crippen LogP contribution in [-0.4, -0.2) is 184 Å². The van der Waals surface area contributed by atoms with Crippen molar-refractivity contribution in [2.75, 3.05) is 172 Å². The highest BCUT2D eigenvalue weighted by atomic mass is 16.6. The smallest absolute Gasteiger partial charge is 0.407 e. The topological polar surface area (TPSA) is 166 Å². The van der Waals surface area contributed by atoms with E-state index in [2.05, 4.69) is 5.32 Å². The molecule has 0 atom stereocenters. The Morgan fingerprint density at radius 2 is 0.640 bits per heavy atom. The van der Waals surface area contributed by atoms with Crippen molar-refractivity contribution in [2.24, 2.45) is 5.41 Å². The average Bonchev–Trinajstić information content (AvgIpc) is 3.08. The van der Waals surface area contributed by atoms with Gasteiger partial charge in [-0.3, -0.25) is 4.79 Å². The number of Topliss-reactive ketones (excluding diaryl/α,β-unsaturated/α-hetero) is 1. The van der Waals surface area contributed by atoms with E-state index in [4.69, 9.17) is 61.6 Å². The summed E-state index contributed by atoms with van der Waals surface area (Å²) in [5, 5.41) is 2.57. The number of ketones is 1. The van der Waals surface area contributed by atoms with Crippen LogP contribution < -0.4 is 5.32 Å². The monoisotopic (exact) mass is 729 g/mol. The van der Waals surface area contributed by atoms with Crippen LogP contribution in [0.3, 0.4) is 0 Å². The van der Waals surface area contributed by atoms with Crippen molar-refractivity contribution in [1.29, 1.82) is 0 Å². The first-order chi connectivity index (χ1) is 24.4. The molecule has 298 valence electrons. The van der Waals surface area contributed by atoms with E-state index < -0.39 is 6.09 Å². The van der Waals surface area contributed by atoms with Gasteiger partial charge in [0.2, 0.25) is 0 Å². The van der Waals surface area contributed by atoms with Gasteiger partial charge in [0.15, 0.2) is 0 Å². The van der Waals surface area contributed by atoms with Gasteiger partial charge >= 0.3 is 6.09 Å². The quantitative estimate of drug-likeness (QED) is 0.0909. The van der Waals surface area contributed by atoms with Crippen molar-refractivity contribution in [1.82, 2.24) is 5.32 Å². The number of amides is 1. The number of hydrogen-bond donors (Lipinski definition) is 1. The third-order valence-corrected chi connectivity index (χ3v) is 6.19. The van der Waals surface area contributed by atoms with E-state index in [-0.39, 0.29) is 11.2 Å². The number of nitrogens with one attached hydrogen (secondary N) is 1. The van der Waals surface area contributed by atoms with Gasteiger partial charge in [-0.25, -0.2) is 4.79 Å². The number of alkyl carbamates (subject to hydrolysis) is 1. The average molecular weight is 730 g/mol. The fraction of sp³-hybridized carbons (Fsp3) is 0.941. The highest BCUT2D eigenvalue weighted by Gasteiger charge is 2.20.